The minimum absolute atomic E-state index is 0.0819. The number of para-hydroxylation sites is 2. The predicted octanol–water partition coefficient (Wildman–Crippen LogP) is 4.85. The van der Waals surface area contributed by atoms with Gasteiger partial charge in [0.25, 0.3) is 0 Å². The Hall–Kier alpha value is -3.15. The summed E-state index contributed by atoms with van der Waals surface area (Å²) in [6.45, 7) is 6.51. The van der Waals surface area contributed by atoms with Gasteiger partial charge in [0, 0.05) is 24.6 Å². The van der Waals surface area contributed by atoms with Crippen molar-refractivity contribution in [2.45, 2.75) is 65.0 Å². The van der Waals surface area contributed by atoms with Crippen LogP contribution >= 0.6 is 0 Å². The number of aryl methyl sites for hydroxylation is 1. The van der Waals surface area contributed by atoms with E-state index < -0.39 is 0 Å². The van der Waals surface area contributed by atoms with Gasteiger partial charge in [-0.2, -0.15) is 0 Å². The van der Waals surface area contributed by atoms with E-state index in [1.807, 2.05) is 59.7 Å². The molecule has 1 aliphatic heterocycles. The number of ether oxygens (including phenoxy) is 1. The first-order chi connectivity index (χ1) is 15.5. The summed E-state index contributed by atoms with van der Waals surface area (Å²) >= 11 is 0. The van der Waals surface area contributed by atoms with Gasteiger partial charge in [-0.3, -0.25) is 9.59 Å². The van der Waals surface area contributed by atoms with Gasteiger partial charge in [0.1, 0.15) is 12.4 Å². The lowest BCUT2D eigenvalue weighted by atomic mass is 10.1. The summed E-state index contributed by atoms with van der Waals surface area (Å²) in [5.74, 6) is 0.469. The van der Waals surface area contributed by atoms with Gasteiger partial charge in [0.2, 0.25) is 5.91 Å². The van der Waals surface area contributed by atoms with Crippen LogP contribution in [0.5, 0.6) is 0 Å². The number of hydrogen-bond acceptors (Lipinski definition) is 4. The third-order valence-corrected chi connectivity index (χ3v) is 5.90. The van der Waals surface area contributed by atoms with Crippen molar-refractivity contribution >= 4 is 28.6 Å². The number of benzene rings is 2. The largest absolute Gasteiger partial charge is 0.462 e. The molecule has 6 nitrogen and oxygen atoms in total. The summed E-state index contributed by atoms with van der Waals surface area (Å²) in [5.41, 5.74) is 3.92. The quantitative estimate of drug-likeness (QED) is 0.476. The second-order valence-corrected chi connectivity index (χ2v) is 8.76. The number of fused-ring (bicyclic) bond motifs is 1. The predicted molar refractivity (Wildman–Crippen MR) is 126 cm³/mol. The maximum Gasteiger partial charge on any atom is 0.326 e. The fourth-order valence-corrected chi connectivity index (χ4v) is 4.35. The molecular weight excluding hydrogens is 402 g/mol. The molecule has 1 fully saturated rings. The molecule has 3 aromatic rings. The van der Waals surface area contributed by atoms with Crippen molar-refractivity contribution in [3.8, 4) is 0 Å². The van der Waals surface area contributed by atoms with E-state index in [9.17, 15) is 9.59 Å². The van der Waals surface area contributed by atoms with Gasteiger partial charge in [-0.05, 0) is 56.5 Å². The molecule has 1 amide bonds. The molecule has 2 aromatic carbocycles. The van der Waals surface area contributed by atoms with E-state index in [1.165, 1.54) is 18.4 Å². The highest BCUT2D eigenvalue weighted by molar-refractivity contribution is 5.96. The Kier molecular flexibility index (Phi) is 6.58. The number of carbonyl (C=O) groups is 2. The topological polar surface area (TPSA) is 64.4 Å². The van der Waals surface area contributed by atoms with Gasteiger partial charge in [-0.15, -0.1) is 0 Å². The van der Waals surface area contributed by atoms with Crippen LogP contribution in [0, 0.1) is 0 Å². The Morgan fingerprint density at radius 2 is 1.91 bits per heavy atom. The van der Waals surface area contributed by atoms with Crippen molar-refractivity contribution in [3.05, 3.63) is 59.9 Å². The number of hydrogen-bond donors (Lipinski definition) is 0. The maximum atomic E-state index is 12.9. The van der Waals surface area contributed by atoms with Crippen LogP contribution in [0.25, 0.3) is 11.0 Å². The second kappa shape index (κ2) is 9.55. The Morgan fingerprint density at radius 3 is 2.62 bits per heavy atom. The van der Waals surface area contributed by atoms with Crippen LogP contribution in [0.3, 0.4) is 0 Å². The van der Waals surface area contributed by atoms with Crippen LogP contribution in [0.15, 0.2) is 48.5 Å². The lowest BCUT2D eigenvalue weighted by Gasteiger charge is -2.18. The minimum atomic E-state index is -0.298. The van der Waals surface area contributed by atoms with Crippen molar-refractivity contribution in [2.24, 2.45) is 0 Å². The average Bonchev–Trinajstić information content (AvgIpc) is 3.33. The summed E-state index contributed by atoms with van der Waals surface area (Å²) in [6, 6.07) is 16.1. The summed E-state index contributed by atoms with van der Waals surface area (Å²) in [6.07, 6.45) is 3.59. The summed E-state index contributed by atoms with van der Waals surface area (Å²) in [5, 5.41) is 0. The molecule has 4 rings (SSSR count). The fourth-order valence-electron chi connectivity index (χ4n) is 4.35. The molecule has 1 saturated heterocycles. The fraction of sp³-hybridized carbons (Fsp3) is 0.423. The monoisotopic (exact) mass is 433 g/mol. The number of aromatic nitrogens is 2. The highest BCUT2D eigenvalue weighted by atomic mass is 16.5. The van der Waals surface area contributed by atoms with Crippen LogP contribution < -0.4 is 4.90 Å². The molecule has 32 heavy (non-hydrogen) atoms. The molecule has 168 valence electrons. The number of esters is 1. The van der Waals surface area contributed by atoms with Crippen LogP contribution in [0.2, 0.25) is 0 Å². The number of nitrogens with zero attached hydrogens (tertiary/aromatic N) is 3. The highest BCUT2D eigenvalue weighted by Crippen LogP contribution is 2.33. The average molecular weight is 434 g/mol. The molecule has 1 aromatic heterocycles. The van der Waals surface area contributed by atoms with E-state index in [4.69, 9.17) is 9.72 Å². The first-order valence-electron chi connectivity index (χ1n) is 11.5. The summed E-state index contributed by atoms with van der Waals surface area (Å²) in [7, 11) is 0. The number of carbonyl (C=O) groups excluding carboxylic acids is 2. The number of unbranched alkanes of at least 4 members (excludes halogenated alkanes) is 1. The third kappa shape index (κ3) is 4.69. The second-order valence-electron chi connectivity index (χ2n) is 8.76. The minimum Gasteiger partial charge on any atom is -0.462 e. The van der Waals surface area contributed by atoms with Crippen LogP contribution in [-0.4, -0.2) is 34.1 Å². The van der Waals surface area contributed by atoms with E-state index in [0.717, 1.165) is 29.0 Å². The highest BCUT2D eigenvalue weighted by Gasteiger charge is 2.35. The van der Waals surface area contributed by atoms with E-state index in [1.54, 1.807) is 0 Å². The Labute approximate surface area is 189 Å². The zero-order valence-corrected chi connectivity index (χ0v) is 19.1. The molecule has 0 bridgehead atoms. The van der Waals surface area contributed by atoms with Crippen molar-refractivity contribution in [1.29, 1.82) is 0 Å². The maximum absolute atomic E-state index is 12.9. The van der Waals surface area contributed by atoms with E-state index in [0.29, 0.717) is 13.0 Å². The zero-order chi connectivity index (χ0) is 22.7. The lowest BCUT2D eigenvalue weighted by molar-refractivity contribution is -0.148. The number of imidazole rings is 1. The molecule has 0 radical (unpaired) electrons. The zero-order valence-electron chi connectivity index (χ0n) is 19.1. The number of anilines is 1. The first kappa shape index (κ1) is 22.1. The van der Waals surface area contributed by atoms with Gasteiger partial charge < -0.3 is 14.2 Å². The molecule has 1 atom stereocenters. The van der Waals surface area contributed by atoms with Crippen molar-refractivity contribution < 1.29 is 14.3 Å². The molecule has 0 unspecified atom stereocenters. The van der Waals surface area contributed by atoms with Gasteiger partial charge in [0.15, 0.2) is 0 Å². The van der Waals surface area contributed by atoms with Crippen molar-refractivity contribution in [2.75, 3.05) is 11.4 Å². The van der Waals surface area contributed by atoms with E-state index >= 15 is 0 Å². The van der Waals surface area contributed by atoms with E-state index in [-0.39, 0.29) is 30.4 Å². The van der Waals surface area contributed by atoms with Crippen LogP contribution in [0.1, 0.15) is 57.3 Å². The molecule has 0 saturated carbocycles. The molecule has 0 N–H and O–H groups in total. The smallest absolute Gasteiger partial charge is 0.326 e. The summed E-state index contributed by atoms with van der Waals surface area (Å²) in [4.78, 5) is 32.0. The molecule has 6 heteroatoms. The molecule has 0 aliphatic carbocycles. The Morgan fingerprint density at radius 1 is 1.16 bits per heavy atom. The van der Waals surface area contributed by atoms with Crippen molar-refractivity contribution in [1.82, 2.24) is 9.55 Å². The SMILES string of the molecule is CCCCc1ccc(N2C[C@H](c3nc4ccccc4n3CC(=O)OC(C)C)CC2=O)cc1. The van der Waals surface area contributed by atoms with Gasteiger partial charge in [-0.25, -0.2) is 4.98 Å². The first-order valence-corrected chi connectivity index (χ1v) is 11.5. The normalized spacial score (nSPS) is 16.3. The van der Waals surface area contributed by atoms with Crippen LogP contribution in [-0.2, 0) is 27.3 Å². The Bertz CT molecular complexity index is 1100. The molecule has 0 spiro atoms. The third-order valence-electron chi connectivity index (χ3n) is 5.90. The number of rotatable bonds is 8. The number of amides is 1. The Balaban J connectivity index is 1.59. The standard InChI is InChI=1S/C26H31N3O3/c1-4-5-8-19-11-13-21(14-12-19)28-16-20(15-24(28)30)26-27-22-9-6-7-10-23(22)29(26)17-25(31)32-18(2)3/h6-7,9-14,18,20H,4-5,8,15-17H2,1-3H3/t20-/m1/s1. The van der Waals surface area contributed by atoms with Gasteiger partial charge >= 0.3 is 5.97 Å². The van der Waals surface area contributed by atoms with Crippen molar-refractivity contribution in [3.63, 3.8) is 0 Å². The molecular formula is C26H31N3O3. The lowest BCUT2D eigenvalue weighted by Crippen LogP contribution is -2.25. The molecule has 2 heterocycles. The van der Waals surface area contributed by atoms with E-state index in [2.05, 4.69) is 19.1 Å². The van der Waals surface area contributed by atoms with Crippen LogP contribution in [0.4, 0.5) is 5.69 Å². The van der Waals surface area contributed by atoms with Gasteiger partial charge in [0.05, 0.1) is 17.1 Å². The van der Waals surface area contributed by atoms with Gasteiger partial charge in [-0.1, -0.05) is 37.6 Å². The molecule has 1 aliphatic rings. The summed E-state index contributed by atoms with van der Waals surface area (Å²) < 4.78 is 7.29.